The predicted octanol–water partition coefficient (Wildman–Crippen LogP) is 0.826. The molecule has 0 saturated heterocycles. The molecule has 0 spiro atoms. The Morgan fingerprint density at radius 1 is 1.32 bits per heavy atom. The Kier molecular flexibility index (Phi) is 3.53. The number of nitrogens with zero attached hydrogens (tertiary/aromatic N) is 3. The largest absolute Gasteiger partial charge is 0.330 e. The quantitative estimate of drug-likeness (QED) is 0.872. The van der Waals surface area contributed by atoms with E-state index in [1.54, 1.807) is 29.4 Å². The molecule has 0 radical (unpaired) electrons. The second kappa shape index (κ2) is 5.38. The molecule has 0 aromatic carbocycles. The van der Waals surface area contributed by atoms with E-state index in [1.807, 2.05) is 13.0 Å². The van der Waals surface area contributed by atoms with Crippen LogP contribution >= 0.6 is 0 Å². The fourth-order valence-electron chi connectivity index (χ4n) is 2.07. The first-order valence-corrected chi connectivity index (χ1v) is 8.27. The van der Waals surface area contributed by atoms with Gasteiger partial charge in [-0.1, -0.05) is 6.07 Å². The van der Waals surface area contributed by atoms with Gasteiger partial charge < -0.3 is 10.2 Å². The van der Waals surface area contributed by atoms with Crippen molar-refractivity contribution >= 4 is 27.6 Å². The van der Waals surface area contributed by atoms with Crippen LogP contribution in [-0.4, -0.2) is 42.3 Å². The van der Waals surface area contributed by atoms with Crippen LogP contribution in [0.25, 0.3) is 0 Å². The Balaban J connectivity index is 1.77. The van der Waals surface area contributed by atoms with Crippen molar-refractivity contribution in [3.05, 3.63) is 47.8 Å². The molecule has 0 saturated carbocycles. The van der Waals surface area contributed by atoms with Crippen LogP contribution in [0.5, 0.6) is 0 Å². The molecule has 22 heavy (non-hydrogen) atoms. The summed E-state index contributed by atoms with van der Waals surface area (Å²) in [6.07, 6.45) is 6.33. The molecule has 8 heteroatoms. The topological polar surface area (TPSA) is 91.7 Å². The van der Waals surface area contributed by atoms with Crippen molar-refractivity contribution in [1.29, 1.82) is 0 Å². The number of aromatic nitrogens is 1. The monoisotopic (exact) mass is 318 g/mol. The van der Waals surface area contributed by atoms with Crippen molar-refractivity contribution in [2.75, 3.05) is 17.6 Å². The Morgan fingerprint density at radius 2 is 2.14 bits per heavy atom. The molecule has 0 unspecified atom stereocenters. The van der Waals surface area contributed by atoms with E-state index in [1.165, 1.54) is 6.08 Å². The Labute approximate surface area is 128 Å². The fourth-order valence-corrected chi connectivity index (χ4v) is 3.03. The molecule has 7 nitrogen and oxygen atoms in total. The lowest BCUT2D eigenvalue weighted by atomic mass is 10.2. The molecule has 0 atom stereocenters. The maximum atomic E-state index is 12.2. The first kappa shape index (κ1) is 14.5. The minimum absolute atomic E-state index is 0.0603. The number of aryl methyl sites for hydroxylation is 1. The molecule has 2 aliphatic rings. The number of anilines is 1. The molecular formula is C14H14N4O3S. The van der Waals surface area contributed by atoms with Crippen molar-refractivity contribution < 1.29 is 13.2 Å². The summed E-state index contributed by atoms with van der Waals surface area (Å²) >= 11 is 0. The van der Waals surface area contributed by atoms with E-state index in [0.29, 0.717) is 17.2 Å². The number of fused-ring (bicyclic) bond motifs is 1. The Hall–Kier alpha value is -2.48. The third-order valence-electron chi connectivity index (χ3n) is 3.24. The molecular weight excluding hydrogens is 304 g/mol. The van der Waals surface area contributed by atoms with E-state index in [9.17, 15) is 13.2 Å². The molecule has 2 aliphatic heterocycles. The molecule has 1 aromatic rings. The van der Waals surface area contributed by atoms with E-state index >= 15 is 0 Å². The number of rotatable bonds is 2. The van der Waals surface area contributed by atoms with Crippen molar-refractivity contribution in [2.45, 2.75) is 6.92 Å². The average molecular weight is 318 g/mol. The van der Waals surface area contributed by atoms with Crippen molar-refractivity contribution in [1.82, 2.24) is 9.88 Å². The van der Waals surface area contributed by atoms with E-state index < -0.39 is 10.0 Å². The van der Waals surface area contributed by atoms with Crippen molar-refractivity contribution in [3.8, 4) is 0 Å². The summed E-state index contributed by atoms with van der Waals surface area (Å²) in [5.41, 5.74) is 1.42. The van der Waals surface area contributed by atoms with E-state index in [2.05, 4.69) is 14.7 Å². The summed E-state index contributed by atoms with van der Waals surface area (Å²) < 4.78 is 26.5. The smallest absolute Gasteiger partial charge is 0.258 e. The molecule has 3 rings (SSSR count). The molecule has 1 amide bonds. The van der Waals surface area contributed by atoms with Crippen molar-refractivity contribution in [2.24, 2.45) is 4.40 Å². The van der Waals surface area contributed by atoms with Crippen LogP contribution < -0.4 is 5.32 Å². The van der Waals surface area contributed by atoms with Gasteiger partial charge in [-0.2, -0.15) is 0 Å². The van der Waals surface area contributed by atoms with Crippen LogP contribution in [0.4, 0.5) is 5.82 Å². The fraction of sp³-hybridized carbons (Fsp3) is 0.214. The molecule has 0 bridgehead atoms. The summed E-state index contributed by atoms with van der Waals surface area (Å²) in [4.78, 5) is 18.0. The van der Waals surface area contributed by atoms with Gasteiger partial charge in [-0.3, -0.25) is 4.79 Å². The molecule has 3 heterocycles. The normalized spacial score (nSPS) is 19.0. The van der Waals surface area contributed by atoms with Gasteiger partial charge >= 0.3 is 0 Å². The number of carbonyl (C=O) groups excluding carboxylic acids is 1. The highest BCUT2D eigenvalue weighted by Crippen LogP contribution is 2.17. The number of pyridine rings is 1. The number of amides is 1. The standard InChI is InChI=1S/C14H14N4O3S/c1-10-2-4-12(15-8-10)16-14(19)11-3-5-13-17-22(20,21)7-6-18(13)9-11/h2-5,8-9H,6-7H2,1H3,(H,15,16,19). The second-order valence-electron chi connectivity index (χ2n) is 5.02. The summed E-state index contributed by atoms with van der Waals surface area (Å²) in [7, 11) is -3.39. The summed E-state index contributed by atoms with van der Waals surface area (Å²) in [5, 5.41) is 2.70. The van der Waals surface area contributed by atoms with Gasteiger partial charge in [0.25, 0.3) is 15.9 Å². The zero-order chi connectivity index (χ0) is 15.7. The molecule has 114 valence electrons. The summed E-state index contributed by atoms with van der Waals surface area (Å²) in [6.45, 7) is 2.20. The van der Waals surface area contributed by atoms with Crippen LogP contribution in [0.1, 0.15) is 5.56 Å². The molecule has 1 aromatic heterocycles. The number of hydrogen-bond acceptors (Lipinski definition) is 5. The maximum absolute atomic E-state index is 12.2. The SMILES string of the molecule is Cc1ccc(NC(=O)C2=CN3CCS(=O)(=O)N=C3C=C2)nc1. The second-order valence-corrected chi connectivity index (χ2v) is 6.78. The van der Waals surface area contributed by atoms with Crippen LogP contribution in [0.15, 0.2) is 46.7 Å². The molecule has 0 fully saturated rings. The van der Waals surface area contributed by atoms with E-state index in [-0.39, 0.29) is 18.2 Å². The lowest BCUT2D eigenvalue weighted by Crippen LogP contribution is -2.37. The third kappa shape index (κ3) is 3.06. The molecule has 1 N–H and O–H groups in total. The zero-order valence-electron chi connectivity index (χ0n) is 11.9. The highest BCUT2D eigenvalue weighted by molar-refractivity contribution is 7.90. The number of sulfonamides is 1. The van der Waals surface area contributed by atoms with Gasteiger partial charge in [-0.15, -0.1) is 4.40 Å². The number of nitrogens with one attached hydrogen (secondary N) is 1. The van der Waals surface area contributed by atoms with Gasteiger partial charge in [0.15, 0.2) is 0 Å². The van der Waals surface area contributed by atoms with Gasteiger partial charge in [0, 0.05) is 18.9 Å². The summed E-state index contributed by atoms with van der Waals surface area (Å²) in [6, 6.07) is 3.58. The maximum Gasteiger partial charge on any atom is 0.258 e. The van der Waals surface area contributed by atoms with Crippen LogP contribution in [-0.2, 0) is 14.8 Å². The van der Waals surface area contributed by atoms with Gasteiger partial charge in [-0.25, -0.2) is 13.4 Å². The van der Waals surface area contributed by atoms with Gasteiger partial charge in [0.2, 0.25) is 0 Å². The minimum atomic E-state index is -3.39. The number of hydrogen-bond donors (Lipinski definition) is 1. The van der Waals surface area contributed by atoms with Crippen LogP contribution in [0, 0.1) is 6.92 Å². The Bertz CT molecular complexity index is 807. The predicted molar refractivity (Wildman–Crippen MR) is 82.8 cm³/mol. The lowest BCUT2D eigenvalue weighted by molar-refractivity contribution is -0.112. The van der Waals surface area contributed by atoms with E-state index in [0.717, 1.165) is 5.56 Å². The van der Waals surface area contributed by atoms with Crippen molar-refractivity contribution in [3.63, 3.8) is 0 Å². The molecule has 0 aliphatic carbocycles. The minimum Gasteiger partial charge on any atom is -0.330 e. The van der Waals surface area contributed by atoms with Crippen LogP contribution in [0.3, 0.4) is 0 Å². The average Bonchev–Trinajstić information content (AvgIpc) is 2.48. The zero-order valence-corrected chi connectivity index (χ0v) is 12.7. The third-order valence-corrected chi connectivity index (χ3v) is 4.40. The first-order valence-electron chi connectivity index (χ1n) is 6.66. The highest BCUT2D eigenvalue weighted by atomic mass is 32.2. The van der Waals surface area contributed by atoms with Gasteiger partial charge in [-0.05, 0) is 30.7 Å². The van der Waals surface area contributed by atoms with Crippen LogP contribution in [0.2, 0.25) is 0 Å². The van der Waals surface area contributed by atoms with E-state index in [4.69, 9.17) is 0 Å². The number of carbonyl (C=O) groups is 1. The lowest BCUT2D eigenvalue weighted by Gasteiger charge is -2.26. The first-order chi connectivity index (χ1) is 10.4. The van der Waals surface area contributed by atoms with Gasteiger partial charge in [0.1, 0.15) is 11.7 Å². The highest BCUT2D eigenvalue weighted by Gasteiger charge is 2.25. The van der Waals surface area contributed by atoms with Gasteiger partial charge in [0.05, 0.1) is 11.3 Å². The number of amidine groups is 1. The Morgan fingerprint density at radius 3 is 2.86 bits per heavy atom. The summed E-state index contributed by atoms with van der Waals surface area (Å²) in [5.74, 6) is 0.428.